The maximum absolute atomic E-state index is 12.0. The average molecular weight is 353 g/mol. The number of benzene rings is 1. The highest BCUT2D eigenvalue weighted by atomic mass is 79.9. The highest BCUT2D eigenvalue weighted by Crippen LogP contribution is 2.47. The van der Waals surface area contributed by atoms with Crippen molar-refractivity contribution >= 4 is 27.7 Å². The highest BCUT2D eigenvalue weighted by Gasteiger charge is 2.43. The van der Waals surface area contributed by atoms with E-state index in [1.165, 1.54) is 5.56 Å². The molecule has 1 aromatic rings. The van der Waals surface area contributed by atoms with Crippen LogP contribution in [0.1, 0.15) is 38.7 Å². The third-order valence-electron chi connectivity index (χ3n) is 3.34. The van der Waals surface area contributed by atoms with E-state index in [-0.39, 0.29) is 35.7 Å². The molecule has 1 aromatic carbocycles. The van der Waals surface area contributed by atoms with Crippen LogP contribution in [0.5, 0.6) is 0 Å². The van der Waals surface area contributed by atoms with E-state index in [1.54, 1.807) is 0 Å². The first-order chi connectivity index (χ1) is 9.76. The van der Waals surface area contributed by atoms with Crippen LogP contribution in [0.25, 0.3) is 0 Å². The van der Waals surface area contributed by atoms with E-state index >= 15 is 0 Å². The molecule has 0 radical (unpaired) electrons. The normalized spacial score (nSPS) is 20.8. The Labute approximate surface area is 133 Å². The Morgan fingerprint density at radius 1 is 1.33 bits per heavy atom. The summed E-state index contributed by atoms with van der Waals surface area (Å²) in [6, 6.07) is 8.03. The molecule has 1 aliphatic carbocycles. The van der Waals surface area contributed by atoms with Crippen molar-refractivity contribution in [3.63, 3.8) is 0 Å². The second-order valence-electron chi connectivity index (χ2n) is 6.52. The van der Waals surface area contributed by atoms with Gasteiger partial charge < -0.3 is 10.6 Å². The van der Waals surface area contributed by atoms with Crippen LogP contribution >= 0.6 is 15.9 Å². The molecule has 0 aromatic heterocycles. The fourth-order valence-electron chi connectivity index (χ4n) is 2.35. The Kier molecular flexibility index (Phi) is 4.71. The SMILES string of the molecule is CC(C)(C)NC(=O)CNC(=O)[C@@H]1C[C@@H]1c1cccc(Br)c1. The molecular formula is C16H21BrN2O2. The van der Waals surface area contributed by atoms with E-state index in [9.17, 15) is 9.59 Å². The quantitative estimate of drug-likeness (QED) is 0.874. The van der Waals surface area contributed by atoms with Gasteiger partial charge in [0.25, 0.3) is 0 Å². The maximum atomic E-state index is 12.0. The van der Waals surface area contributed by atoms with Crippen LogP contribution in [0.15, 0.2) is 28.7 Å². The third kappa shape index (κ3) is 4.84. The van der Waals surface area contributed by atoms with Gasteiger partial charge in [-0.05, 0) is 50.8 Å². The molecule has 114 valence electrons. The molecule has 21 heavy (non-hydrogen) atoms. The number of halogens is 1. The molecule has 2 rings (SSSR count). The Bertz CT molecular complexity index is 551. The number of hydrogen-bond acceptors (Lipinski definition) is 2. The Hall–Kier alpha value is -1.36. The molecule has 5 heteroatoms. The first-order valence-electron chi connectivity index (χ1n) is 7.10. The van der Waals surface area contributed by atoms with Crippen LogP contribution in [0.3, 0.4) is 0 Å². The van der Waals surface area contributed by atoms with Crippen molar-refractivity contribution < 1.29 is 9.59 Å². The zero-order valence-corrected chi connectivity index (χ0v) is 14.2. The number of amides is 2. The van der Waals surface area contributed by atoms with Crippen LogP contribution < -0.4 is 10.6 Å². The van der Waals surface area contributed by atoms with Crippen molar-refractivity contribution in [3.05, 3.63) is 34.3 Å². The van der Waals surface area contributed by atoms with Gasteiger partial charge in [-0.25, -0.2) is 0 Å². The first kappa shape index (κ1) is 16.0. The fourth-order valence-corrected chi connectivity index (χ4v) is 2.77. The second-order valence-corrected chi connectivity index (χ2v) is 7.44. The molecule has 2 N–H and O–H groups in total. The number of rotatable bonds is 4. The molecule has 0 heterocycles. The van der Waals surface area contributed by atoms with Gasteiger partial charge in [0.1, 0.15) is 0 Å². The van der Waals surface area contributed by atoms with E-state index in [2.05, 4.69) is 26.6 Å². The lowest BCUT2D eigenvalue weighted by molar-refractivity contribution is -0.127. The lowest BCUT2D eigenvalue weighted by atomic mass is 10.1. The summed E-state index contributed by atoms with van der Waals surface area (Å²) in [7, 11) is 0. The predicted octanol–water partition coefficient (Wildman–Crippen LogP) is 2.58. The second kappa shape index (κ2) is 6.18. The number of carbonyl (C=O) groups excluding carboxylic acids is 2. The van der Waals surface area contributed by atoms with Gasteiger partial charge in [-0.15, -0.1) is 0 Å². The molecule has 4 nitrogen and oxygen atoms in total. The zero-order chi connectivity index (χ0) is 15.6. The summed E-state index contributed by atoms with van der Waals surface area (Å²) in [6.07, 6.45) is 0.850. The van der Waals surface area contributed by atoms with Gasteiger partial charge in [0.2, 0.25) is 11.8 Å². The van der Waals surface area contributed by atoms with E-state index < -0.39 is 0 Å². The summed E-state index contributed by atoms with van der Waals surface area (Å²) < 4.78 is 1.02. The van der Waals surface area contributed by atoms with Crippen molar-refractivity contribution in [1.29, 1.82) is 0 Å². The maximum Gasteiger partial charge on any atom is 0.239 e. The minimum atomic E-state index is -0.278. The molecule has 0 aliphatic heterocycles. The minimum Gasteiger partial charge on any atom is -0.350 e. The van der Waals surface area contributed by atoms with Crippen LogP contribution in [0.2, 0.25) is 0 Å². The summed E-state index contributed by atoms with van der Waals surface area (Å²) >= 11 is 3.44. The molecular weight excluding hydrogens is 332 g/mol. The summed E-state index contributed by atoms with van der Waals surface area (Å²) in [4.78, 5) is 23.7. The van der Waals surface area contributed by atoms with Gasteiger partial charge in [0, 0.05) is 15.9 Å². The number of nitrogens with one attached hydrogen (secondary N) is 2. The standard InChI is InChI=1S/C16H21BrN2O2/c1-16(2,3)19-14(20)9-18-15(21)13-8-12(13)10-5-4-6-11(17)7-10/h4-7,12-13H,8-9H2,1-3H3,(H,18,21)(H,19,20)/t12-,13-/m1/s1. The molecule has 2 atom stereocenters. The topological polar surface area (TPSA) is 58.2 Å². The van der Waals surface area contributed by atoms with Crippen molar-refractivity contribution in [2.45, 2.75) is 38.6 Å². The van der Waals surface area contributed by atoms with Crippen LogP contribution in [-0.4, -0.2) is 23.9 Å². The summed E-state index contributed by atoms with van der Waals surface area (Å²) in [5.41, 5.74) is 0.893. The number of hydrogen-bond donors (Lipinski definition) is 2. The molecule has 0 unspecified atom stereocenters. The molecule has 1 fully saturated rings. The zero-order valence-electron chi connectivity index (χ0n) is 12.6. The molecule has 2 amide bonds. The lowest BCUT2D eigenvalue weighted by Gasteiger charge is -2.20. The van der Waals surface area contributed by atoms with Gasteiger partial charge >= 0.3 is 0 Å². The minimum absolute atomic E-state index is 0.0123. The first-order valence-corrected chi connectivity index (χ1v) is 7.90. The van der Waals surface area contributed by atoms with E-state index in [4.69, 9.17) is 0 Å². The van der Waals surface area contributed by atoms with E-state index in [0.29, 0.717) is 0 Å². The fraction of sp³-hybridized carbons (Fsp3) is 0.500. The van der Waals surface area contributed by atoms with Gasteiger partial charge in [0.05, 0.1) is 6.54 Å². The average Bonchev–Trinajstić information content (AvgIpc) is 3.14. The summed E-state index contributed by atoms with van der Waals surface area (Å²) in [6.45, 7) is 5.78. The van der Waals surface area contributed by atoms with Gasteiger partial charge in [-0.3, -0.25) is 9.59 Å². The smallest absolute Gasteiger partial charge is 0.239 e. The van der Waals surface area contributed by atoms with Crippen LogP contribution in [-0.2, 0) is 9.59 Å². The van der Waals surface area contributed by atoms with Crippen LogP contribution in [0.4, 0.5) is 0 Å². The molecule has 1 aliphatic rings. The molecule has 0 bridgehead atoms. The van der Waals surface area contributed by atoms with E-state index in [1.807, 2.05) is 45.0 Å². The van der Waals surface area contributed by atoms with Gasteiger partial charge in [-0.2, -0.15) is 0 Å². The Morgan fingerprint density at radius 2 is 2.05 bits per heavy atom. The largest absolute Gasteiger partial charge is 0.350 e. The monoisotopic (exact) mass is 352 g/mol. The van der Waals surface area contributed by atoms with Crippen molar-refractivity contribution in [3.8, 4) is 0 Å². The number of carbonyl (C=O) groups is 2. The third-order valence-corrected chi connectivity index (χ3v) is 3.83. The van der Waals surface area contributed by atoms with Gasteiger partial charge in [-0.1, -0.05) is 28.1 Å². The van der Waals surface area contributed by atoms with Crippen LogP contribution in [0, 0.1) is 5.92 Å². The summed E-state index contributed by atoms with van der Waals surface area (Å²) in [5.74, 6) is 0.0643. The lowest BCUT2D eigenvalue weighted by Crippen LogP contribution is -2.46. The van der Waals surface area contributed by atoms with Crippen molar-refractivity contribution in [1.82, 2.24) is 10.6 Å². The van der Waals surface area contributed by atoms with Gasteiger partial charge in [0.15, 0.2) is 0 Å². The summed E-state index contributed by atoms with van der Waals surface area (Å²) in [5, 5.41) is 5.54. The molecule has 0 spiro atoms. The van der Waals surface area contributed by atoms with Crippen molar-refractivity contribution in [2.24, 2.45) is 5.92 Å². The molecule has 1 saturated carbocycles. The van der Waals surface area contributed by atoms with E-state index in [0.717, 1.165) is 10.9 Å². The highest BCUT2D eigenvalue weighted by molar-refractivity contribution is 9.10. The Balaban J connectivity index is 1.80. The predicted molar refractivity (Wildman–Crippen MR) is 85.9 cm³/mol. The Morgan fingerprint density at radius 3 is 2.67 bits per heavy atom. The van der Waals surface area contributed by atoms with Crippen molar-refractivity contribution in [2.75, 3.05) is 6.54 Å². The molecule has 0 saturated heterocycles.